The van der Waals surface area contributed by atoms with E-state index in [1.807, 2.05) is 36.1 Å². The molecule has 3 unspecified atom stereocenters. The summed E-state index contributed by atoms with van der Waals surface area (Å²) in [6.07, 6.45) is 6.02. The lowest BCUT2D eigenvalue weighted by atomic mass is 9.49. The molecule has 0 bridgehead atoms. The molecular formula is C25H30N2O3. The number of ketones is 2. The van der Waals surface area contributed by atoms with Gasteiger partial charge >= 0.3 is 0 Å². The number of hydrogen-bond donors (Lipinski definition) is 1. The van der Waals surface area contributed by atoms with Crippen LogP contribution < -0.4 is 5.73 Å². The lowest BCUT2D eigenvalue weighted by Crippen LogP contribution is -2.57. The van der Waals surface area contributed by atoms with Gasteiger partial charge in [-0.2, -0.15) is 0 Å². The van der Waals surface area contributed by atoms with Crippen LogP contribution in [0.2, 0.25) is 0 Å². The highest BCUT2D eigenvalue weighted by Gasteiger charge is 2.62. The number of likely N-dealkylation sites (tertiary alicyclic amines) is 1. The third-order valence-corrected chi connectivity index (χ3v) is 8.60. The second-order valence-electron chi connectivity index (χ2n) is 10.2. The van der Waals surface area contributed by atoms with Crippen LogP contribution in [-0.4, -0.2) is 22.4 Å². The number of rotatable bonds is 2. The number of Topliss-reactive ketones (excluding diaryl/α,β-unsaturated/α-hetero) is 2. The van der Waals surface area contributed by atoms with E-state index < -0.39 is 5.41 Å². The minimum atomic E-state index is -0.478. The topological polar surface area (TPSA) is 80.5 Å². The molecule has 5 rings (SSSR count). The highest BCUT2D eigenvalue weighted by atomic mass is 16.2. The monoisotopic (exact) mass is 406 g/mol. The number of allylic oxidation sites excluding steroid dienone is 2. The van der Waals surface area contributed by atoms with Gasteiger partial charge in [-0.05, 0) is 48.8 Å². The number of hydrogen-bond acceptors (Lipinski definition) is 4. The molecule has 3 aliphatic carbocycles. The van der Waals surface area contributed by atoms with Gasteiger partial charge in [0.05, 0.1) is 6.54 Å². The Morgan fingerprint density at radius 2 is 1.80 bits per heavy atom. The van der Waals surface area contributed by atoms with Crippen molar-refractivity contribution in [2.45, 2.75) is 58.9 Å². The molecule has 1 aromatic rings. The predicted octanol–water partition coefficient (Wildman–Crippen LogP) is 3.88. The number of fused-ring (bicyclic) bond motifs is 5. The molecule has 5 atom stereocenters. The summed E-state index contributed by atoms with van der Waals surface area (Å²) >= 11 is 0. The lowest BCUT2D eigenvalue weighted by Gasteiger charge is -2.56. The van der Waals surface area contributed by atoms with Crippen LogP contribution in [0.4, 0.5) is 5.69 Å². The maximum absolute atomic E-state index is 13.5. The molecule has 0 radical (unpaired) electrons. The molecule has 1 heterocycles. The minimum Gasteiger partial charge on any atom is -0.399 e. The number of nitrogens with zero attached hydrogens (tertiary/aromatic N) is 1. The van der Waals surface area contributed by atoms with E-state index in [-0.39, 0.29) is 40.6 Å². The van der Waals surface area contributed by atoms with Gasteiger partial charge < -0.3 is 10.6 Å². The SMILES string of the molecule is CC12CCC(=O)N(Cc3ccc(N)cc3)C1=CCC1C3CCC(=O)[C@@]3(C)CC(=O)[C@@H]12. The molecule has 3 fully saturated rings. The summed E-state index contributed by atoms with van der Waals surface area (Å²) in [4.78, 5) is 40.9. The number of anilines is 1. The summed E-state index contributed by atoms with van der Waals surface area (Å²) in [5, 5.41) is 0. The van der Waals surface area contributed by atoms with Crippen LogP contribution in [0.5, 0.6) is 0 Å². The minimum absolute atomic E-state index is 0.0940. The second-order valence-corrected chi connectivity index (χ2v) is 10.2. The Bertz CT molecular complexity index is 965. The van der Waals surface area contributed by atoms with E-state index in [1.54, 1.807) is 0 Å². The number of carbonyl (C=O) groups is 3. The Balaban J connectivity index is 1.52. The summed E-state index contributed by atoms with van der Waals surface area (Å²) in [7, 11) is 0. The van der Waals surface area contributed by atoms with Crippen molar-refractivity contribution in [2.24, 2.45) is 28.6 Å². The predicted molar refractivity (Wildman–Crippen MR) is 114 cm³/mol. The van der Waals surface area contributed by atoms with Gasteiger partial charge in [0.15, 0.2) is 0 Å². The van der Waals surface area contributed by atoms with Crippen molar-refractivity contribution in [3.05, 3.63) is 41.6 Å². The van der Waals surface area contributed by atoms with Gasteiger partial charge in [-0.25, -0.2) is 0 Å². The molecule has 30 heavy (non-hydrogen) atoms. The van der Waals surface area contributed by atoms with Crippen LogP contribution in [0.3, 0.4) is 0 Å². The highest BCUT2D eigenvalue weighted by molar-refractivity contribution is 5.96. The Kier molecular flexibility index (Phi) is 4.25. The highest BCUT2D eigenvalue weighted by Crippen LogP contribution is 2.62. The average Bonchev–Trinajstić information content (AvgIpc) is 3.00. The van der Waals surface area contributed by atoms with Crippen molar-refractivity contribution in [1.82, 2.24) is 4.90 Å². The van der Waals surface area contributed by atoms with Crippen molar-refractivity contribution < 1.29 is 14.4 Å². The lowest BCUT2D eigenvalue weighted by molar-refractivity contribution is -0.152. The first-order valence-corrected chi connectivity index (χ1v) is 11.2. The number of piperidine rings is 1. The number of nitrogens with two attached hydrogens (primary N) is 1. The Morgan fingerprint density at radius 3 is 2.53 bits per heavy atom. The van der Waals surface area contributed by atoms with Gasteiger partial charge in [0, 0.05) is 47.4 Å². The Labute approximate surface area is 177 Å². The van der Waals surface area contributed by atoms with Crippen LogP contribution in [0, 0.1) is 28.6 Å². The molecule has 2 N–H and O–H groups in total. The smallest absolute Gasteiger partial charge is 0.227 e. The summed E-state index contributed by atoms with van der Waals surface area (Å²) in [5.41, 5.74) is 7.75. The zero-order valence-electron chi connectivity index (χ0n) is 17.8. The first-order valence-electron chi connectivity index (χ1n) is 11.2. The molecule has 5 heteroatoms. The fourth-order valence-electron chi connectivity index (χ4n) is 7.04. The fraction of sp³-hybridized carbons (Fsp3) is 0.560. The summed E-state index contributed by atoms with van der Waals surface area (Å²) < 4.78 is 0. The molecule has 0 spiro atoms. The van der Waals surface area contributed by atoms with E-state index in [2.05, 4.69) is 13.0 Å². The molecule has 0 aromatic heterocycles. The van der Waals surface area contributed by atoms with Gasteiger partial charge in [0.1, 0.15) is 11.6 Å². The van der Waals surface area contributed by atoms with Crippen molar-refractivity contribution in [3.8, 4) is 0 Å². The first-order chi connectivity index (χ1) is 14.2. The van der Waals surface area contributed by atoms with Crippen LogP contribution >= 0.6 is 0 Å². The van der Waals surface area contributed by atoms with Crippen LogP contribution in [0.25, 0.3) is 0 Å². The number of benzene rings is 1. The number of carbonyl (C=O) groups excluding carboxylic acids is 3. The van der Waals surface area contributed by atoms with Crippen LogP contribution in [0.1, 0.15) is 57.9 Å². The fourth-order valence-corrected chi connectivity index (χ4v) is 7.04. The normalized spacial score (nSPS) is 38.1. The molecule has 1 amide bonds. The van der Waals surface area contributed by atoms with Gasteiger partial charge in [-0.3, -0.25) is 14.4 Å². The summed E-state index contributed by atoms with van der Waals surface area (Å²) in [5.74, 6) is 1.02. The first kappa shape index (κ1) is 19.5. The van der Waals surface area contributed by atoms with E-state index in [1.165, 1.54) is 0 Å². The molecule has 4 aliphatic rings. The third-order valence-electron chi connectivity index (χ3n) is 8.60. The summed E-state index contributed by atoms with van der Waals surface area (Å²) in [6, 6.07) is 7.64. The molecule has 158 valence electrons. The van der Waals surface area contributed by atoms with Gasteiger partial charge in [0.2, 0.25) is 5.91 Å². The van der Waals surface area contributed by atoms with Gasteiger partial charge in [-0.1, -0.05) is 32.1 Å². The van der Waals surface area contributed by atoms with Crippen molar-refractivity contribution >= 4 is 23.2 Å². The average molecular weight is 407 g/mol. The molecule has 1 saturated heterocycles. The van der Waals surface area contributed by atoms with E-state index in [0.717, 1.165) is 24.1 Å². The standard InChI is InChI=1S/C25H30N2O3/c1-24-12-11-22(30)27(14-15-3-5-16(26)6-4-15)20(24)9-7-17-18-8-10-21(29)25(18,2)13-19(28)23(17)24/h3-6,9,17-18,23H,7-8,10-14,26H2,1-2H3/t17?,18?,23-,24?,25+/m1/s1. The van der Waals surface area contributed by atoms with Gasteiger partial charge in [-0.15, -0.1) is 0 Å². The summed E-state index contributed by atoms with van der Waals surface area (Å²) in [6.45, 7) is 4.70. The van der Waals surface area contributed by atoms with Crippen LogP contribution in [-0.2, 0) is 20.9 Å². The maximum Gasteiger partial charge on any atom is 0.227 e. The second kappa shape index (κ2) is 6.53. The van der Waals surface area contributed by atoms with E-state index in [4.69, 9.17) is 5.73 Å². The number of nitrogen functional groups attached to an aromatic ring is 1. The van der Waals surface area contributed by atoms with Crippen molar-refractivity contribution in [1.29, 1.82) is 0 Å². The number of amides is 1. The van der Waals surface area contributed by atoms with Gasteiger partial charge in [0.25, 0.3) is 0 Å². The molecule has 1 aromatic carbocycles. The third kappa shape index (κ3) is 2.63. The van der Waals surface area contributed by atoms with Crippen molar-refractivity contribution in [2.75, 3.05) is 5.73 Å². The van der Waals surface area contributed by atoms with E-state index in [9.17, 15) is 14.4 Å². The maximum atomic E-state index is 13.5. The molecular weight excluding hydrogens is 376 g/mol. The molecule has 1 aliphatic heterocycles. The Hall–Kier alpha value is -2.43. The zero-order chi connectivity index (χ0) is 21.3. The Morgan fingerprint density at radius 1 is 1.07 bits per heavy atom. The molecule has 5 nitrogen and oxygen atoms in total. The van der Waals surface area contributed by atoms with Crippen molar-refractivity contribution in [3.63, 3.8) is 0 Å². The quantitative estimate of drug-likeness (QED) is 0.756. The zero-order valence-corrected chi connectivity index (χ0v) is 17.8. The molecule has 2 saturated carbocycles. The van der Waals surface area contributed by atoms with E-state index >= 15 is 0 Å². The van der Waals surface area contributed by atoms with Crippen LogP contribution in [0.15, 0.2) is 36.0 Å². The largest absolute Gasteiger partial charge is 0.399 e. The van der Waals surface area contributed by atoms with E-state index in [0.29, 0.717) is 37.9 Å².